The van der Waals surface area contributed by atoms with Gasteiger partial charge in [-0.2, -0.15) is 26.3 Å². The second-order valence-electron chi connectivity index (χ2n) is 9.90. The zero-order valence-corrected chi connectivity index (χ0v) is 19.4. The molecule has 7 heteroatoms. The molecule has 0 bridgehead atoms. The van der Waals surface area contributed by atoms with E-state index in [1.54, 1.807) is 6.07 Å². The average molecular weight is 484 g/mol. The summed E-state index contributed by atoms with van der Waals surface area (Å²) in [6.45, 7) is 4.58. The van der Waals surface area contributed by atoms with E-state index in [0.717, 1.165) is 32.5 Å². The number of benzene rings is 2. The van der Waals surface area contributed by atoms with Gasteiger partial charge < -0.3 is 0 Å². The lowest BCUT2D eigenvalue weighted by atomic mass is 9.81. The first-order chi connectivity index (χ1) is 16.0. The normalized spacial score (nSPS) is 18.8. The van der Waals surface area contributed by atoms with E-state index in [2.05, 4.69) is 24.0 Å². The lowest BCUT2D eigenvalue weighted by Crippen LogP contribution is -2.35. The predicted molar refractivity (Wildman–Crippen MR) is 121 cm³/mol. The lowest BCUT2D eigenvalue weighted by molar-refractivity contribution is -0.167. The Morgan fingerprint density at radius 1 is 0.735 bits per heavy atom. The largest absolute Gasteiger partial charge is 0.398 e. The maximum Gasteiger partial charge on any atom is 0.398 e. The molecule has 0 unspecified atom stereocenters. The van der Waals surface area contributed by atoms with Gasteiger partial charge in [0.15, 0.2) is 0 Å². The minimum atomic E-state index is -4.55. The number of hydrogen-bond donors (Lipinski definition) is 0. The monoisotopic (exact) mass is 483 g/mol. The van der Waals surface area contributed by atoms with Crippen LogP contribution < -0.4 is 0 Å². The van der Waals surface area contributed by atoms with Gasteiger partial charge >= 0.3 is 12.4 Å². The minimum absolute atomic E-state index is 0.137. The van der Waals surface area contributed by atoms with Crippen molar-refractivity contribution in [1.82, 2.24) is 4.90 Å². The topological polar surface area (TPSA) is 3.24 Å². The third-order valence-corrected chi connectivity index (χ3v) is 7.43. The van der Waals surface area contributed by atoms with Crippen LogP contribution in [0.5, 0.6) is 0 Å². The summed E-state index contributed by atoms with van der Waals surface area (Å²) < 4.78 is 83.4. The Morgan fingerprint density at radius 2 is 1.32 bits per heavy atom. The van der Waals surface area contributed by atoms with E-state index >= 15 is 0 Å². The van der Waals surface area contributed by atoms with Gasteiger partial charge in [0.2, 0.25) is 0 Å². The van der Waals surface area contributed by atoms with Crippen molar-refractivity contribution in [2.75, 3.05) is 13.1 Å². The average Bonchev–Trinajstić information content (AvgIpc) is 3.67. The third-order valence-electron chi connectivity index (χ3n) is 7.43. The first kappa shape index (κ1) is 25.1. The molecule has 186 valence electrons. The van der Waals surface area contributed by atoms with Crippen LogP contribution in [0.2, 0.25) is 0 Å². The molecule has 2 aliphatic rings. The maximum absolute atomic E-state index is 14.0. The van der Waals surface area contributed by atoms with Crippen LogP contribution in [0.1, 0.15) is 67.7 Å². The van der Waals surface area contributed by atoms with Crippen molar-refractivity contribution in [1.29, 1.82) is 0 Å². The van der Waals surface area contributed by atoms with Gasteiger partial charge in [0.1, 0.15) is 0 Å². The molecule has 0 atom stereocenters. The maximum atomic E-state index is 14.0. The summed E-state index contributed by atoms with van der Waals surface area (Å²) >= 11 is 0. The summed E-state index contributed by atoms with van der Waals surface area (Å²) in [6.07, 6.45) is -7.38. The summed E-state index contributed by atoms with van der Waals surface area (Å²) in [7, 11) is 0. The fourth-order valence-corrected chi connectivity index (χ4v) is 5.16. The molecular weight excluding hydrogens is 452 g/mol. The molecular formula is C27H31F6N. The number of hydrogen-bond acceptors (Lipinski definition) is 1. The van der Waals surface area contributed by atoms with E-state index in [1.807, 2.05) is 18.2 Å². The molecule has 0 saturated heterocycles. The summed E-state index contributed by atoms with van der Waals surface area (Å²) in [5.74, 6) is 0. The Labute approximate surface area is 197 Å². The Balaban J connectivity index is 1.53. The fourth-order valence-electron chi connectivity index (χ4n) is 5.16. The van der Waals surface area contributed by atoms with Gasteiger partial charge in [-0.3, -0.25) is 4.90 Å². The minimum Gasteiger partial charge on any atom is -0.299 e. The first-order valence-electron chi connectivity index (χ1n) is 12.1. The van der Waals surface area contributed by atoms with E-state index < -0.39 is 23.2 Å². The lowest BCUT2D eigenvalue weighted by Gasteiger charge is -2.29. The number of aryl methyl sites for hydroxylation is 1. The van der Waals surface area contributed by atoms with Crippen LogP contribution in [0.3, 0.4) is 0 Å². The van der Waals surface area contributed by atoms with Crippen LogP contribution in [0.15, 0.2) is 48.5 Å². The number of halogens is 6. The van der Waals surface area contributed by atoms with Gasteiger partial charge in [0, 0.05) is 6.54 Å². The zero-order chi connectivity index (χ0) is 24.6. The van der Waals surface area contributed by atoms with Crippen molar-refractivity contribution in [3.63, 3.8) is 0 Å². The molecule has 34 heavy (non-hydrogen) atoms. The Hall–Kier alpha value is -2.02. The molecule has 0 spiro atoms. The molecule has 2 fully saturated rings. The van der Waals surface area contributed by atoms with Crippen LogP contribution in [0.4, 0.5) is 26.3 Å². The van der Waals surface area contributed by atoms with Gasteiger partial charge in [-0.25, -0.2) is 0 Å². The molecule has 0 N–H and O–H groups in total. The van der Waals surface area contributed by atoms with Crippen LogP contribution in [0.25, 0.3) is 0 Å². The van der Waals surface area contributed by atoms with Crippen molar-refractivity contribution >= 4 is 0 Å². The van der Waals surface area contributed by atoms with Crippen LogP contribution >= 0.6 is 0 Å². The predicted octanol–water partition coefficient (Wildman–Crippen LogP) is 7.72. The van der Waals surface area contributed by atoms with E-state index in [9.17, 15) is 26.3 Å². The van der Waals surface area contributed by atoms with E-state index in [-0.39, 0.29) is 36.8 Å². The van der Waals surface area contributed by atoms with E-state index in [4.69, 9.17) is 0 Å². The number of alkyl halides is 6. The van der Waals surface area contributed by atoms with Gasteiger partial charge in [0.25, 0.3) is 0 Å². The molecule has 2 aliphatic carbocycles. The van der Waals surface area contributed by atoms with Crippen LogP contribution in [-0.2, 0) is 23.8 Å². The first-order valence-corrected chi connectivity index (χ1v) is 12.1. The molecule has 2 aromatic carbocycles. The molecule has 2 aromatic rings. The van der Waals surface area contributed by atoms with E-state index in [0.29, 0.717) is 12.0 Å². The second-order valence-corrected chi connectivity index (χ2v) is 9.90. The standard InChI is InChI=1S/C27H31F6N/c1-2-16-34(19-21-7-4-3-5-8-21)17-6-9-20-10-11-22(24(12-13-24)26(28,29)30)23(18-20)25(14-15-25)27(31,32)33/h3-5,7-8,10-11,18H,2,6,9,12-17,19H2,1H3. The van der Waals surface area contributed by atoms with Crippen molar-refractivity contribution in [3.05, 3.63) is 70.8 Å². The number of rotatable bonds is 10. The quantitative estimate of drug-likeness (QED) is 0.313. The van der Waals surface area contributed by atoms with Gasteiger partial charge in [-0.15, -0.1) is 0 Å². The molecule has 4 rings (SSSR count). The summed E-state index contributed by atoms with van der Waals surface area (Å²) in [5.41, 5.74) is -2.65. The zero-order valence-electron chi connectivity index (χ0n) is 19.4. The highest BCUT2D eigenvalue weighted by Gasteiger charge is 2.70. The van der Waals surface area contributed by atoms with Crippen molar-refractivity contribution < 1.29 is 26.3 Å². The van der Waals surface area contributed by atoms with Gasteiger partial charge in [-0.05, 0) is 80.3 Å². The highest BCUT2D eigenvalue weighted by atomic mass is 19.4. The van der Waals surface area contributed by atoms with Crippen LogP contribution in [0, 0.1) is 0 Å². The molecule has 0 aromatic heterocycles. The molecule has 0 aliphatic heterocycles. The fraction of sp³-hybridized carbons (Fsp3) is 0.556. The van der Waals surface area contributed by atoms with Gasteiger partial charge in [-0.1, -0.05) is 55.5 Å². The van der Waals surface area contributed by atoms with Gasteiger partial charge in [0.05, 0.1) is 10.8 Å². The highest BCUT2D eigenvalue weighted by molar-refractivity contribution is 5.50. The van der Waals surface area contributed by atoms with Crippen molar-refractivity contribution in [2.45, 2.75) is 81.6 Å². The third kappa shape index (κ3) is 4.86. The summed E-state index contributed by atoms with van der Waals surface area (Å²) in [6, 6.07) is 14.5. The number of nitrogens with zero attached hydrogens (tertiary/aromatic N) is 1. The Bertz CT molecular complexity index is 971. The SMILES string of the molecule is CCCN(CCCc1ccc(C2(C(F)(F)F)CC2)c(C2(C(F)(F)F)CC2)c1)Cc1ccccc1. The van der Waals surface area contributed by atoms with Crippen molar-refractivity contribution in [2.24, 2.45) is 0 Å². The smallest absolute Gasteiger partial charge is 0.299 e. The molecule has 0 heterocycles. The molecule has 2 saturated carbocycles. The summed E-state index contributed by atoms with van der Waals surface area (Å²) in [5, 5.41) is 0. The molecule has 0 amide bonds. The van der Waals surface area contributed by atoms with Crippen LogP contribution in [-0.4, -0.2) is 30.3 Å². The molecule has 0 radical (unpaired) electrons. The van der Waals surface area contributed by atoms with Crippen molar-refractivity contribution in [3.8, 4) is 0 Å². The Kier molecular flexibility index (Phi) is 6.80. The summed E-state index contributed by atoms with van der Waals surface area (Å²) in [4.78, 5) is 2.31. The highest BCUT2D eigenvalue weighted by Crippen LogP contribution is 2.66. The Morgan fingerprint density at radius 3 is 1.85 bits per heavy atom. The van der Waals surface area contributed by atoms with E-state index in [1.165, 1.54) is 17.7 Å². The molecule has 1 nitrogen and oxygen atoms in total. The second kappa shape index (κ2) is 9.21.